The normalized spacial score (nSPS) is 11.8. The van der Waals surface area contributed by atoms with Crippen molar-refractivity contribution >= 4 is 23.2 Å². The number of rotatable bonds is 7. The molecule has 110 valence electrons. The fourth-order valence-corrected chi connectivity index (χ4v) is 2.55. The van der Waals surface area contributed by atoms with Crippen LogP contribution >= 0.6 is 11.3 Å². The predicted octanol–water partition coefficient (Wildman–Crippen LogP) is 2.06. The Kier molecular flexibility index (Phi) is 5.45. The van der Waals surface area contributed by atoms with Gasteiger partial charge in [0.15, 0.2) is 0 Å². The van der Waals surface area contributed by atoms with E-state index >= 15 is 0 Å². The number of hydrogen-bond donors (Lipinski definition) is 2. The summed E-state index contributed by atoms with van der Waals surface area (Å²) >= 11 is 1.51. The molecule has 0 fully saturated rings. The van der Waals surface area contributed by atoms with Gasteiger partial charge in [-0.1, -0.05) is 30.3 Å². The highest BCUT2D eigenvalue weighted by molar-refractivity contribution is 7.09. The standard InChI is InChI=1S/C15H16N2O3S/c18-13(6-7-14-16-8-9-21-14)17-10-12(15(19)20)11-4-2-1-3-5-11/h1-5,8-9,12H,6-7,10H2,(H,17,18)(H,19,20). The maximum Gasteiger partial charge on any atom is 0.312 e. The highest BCUT2D eigenvalue weighted by Crippen LogP contribution is 2.15. The zero-order valence-corrected chi connectivity index (χ0v) is 12.2. The van der Waals surface area contributed by atoms with Gasteiger partial charge in [-0.2, -0.15) is 0 Å². The maximum atomic E-state index is 11.8. The lowest BCUT2D eigenvalue weighted by Gasteiger charge is -2.13. The van der Waals surface area contributed by atoms with Crippen LogP contribution < -0.4 is 5.32 Å². The molecule has 1 aromatic carbocycles. The molecule has 1 amide bonds. The van der Waals surface area contributed by atoms with Crippen LogP contribution in [0.2, 0.25) is 0 Å². The molecule has 0 saturated heterocycles. The topological polar surface area (TPSA) is 79.3 Å². The van der Waals surface area contributed by atoms with Crippen LogP contribution in [0.3, 0.4) is 0 Å². The number of carbonyl (C=O) groups excluding carboxylic acids is 1. The molecule has 2 rings (SSSR count). The average Bonchev–Trinajstić information content (AvgIpc) is 2.99. The molecule has 0 saturated carbocycles. The first-order valence-electron chi connectivity index (χ1n) is 6.59. The van der Waals surface area contributed by atoms with E-state index in [1.165, 1.54) is 11.3 Å². The Morgan fingerprint density at radius 2 is 2.05 bits per heavy atom. The molecular formula is C15H16N2O3S. The van der Waals surface area contributed by atoms with Gasteiger partial charge in [0.25, 0.3) is 0 Å². The van der Waals surface area contributed by atoms with E-state index in [0.717, 1.165) is 5.01 Å². The van der Waals surface area contributed by atoms with Crippen molar-refractivity contribution in [1.82, 2.24) is 10.3 Å². The minimum atomic E-state index is -0.943. The van der Waals surface area contributed by atoms with Crippen LogP contribution in [0.1, 0.15) is 22.9 Å². The van der Waals surface area contributed by atoms with Gasteiger partial charge in [-0.25, -0.2) is 4.98 Å². The second-order valence-corrected chi connectivity index (χ2v) is 5.51. The van der Waals surface area contributed by atoms with Crippen LogP contribution in [0, 0.1) is 0 Å². The number of carboxylic acid groups (broad SMARTS) is 1. The summed E-state index contributed by atoms with van der Waals surface area (Å²) in [5.74, 6) is -1.83. The number of carbonyl (C=O) groups is 2. The summed E-state index contributed by atoms with van der Waals surface area (Å²) in [7, 11) is 0. The first kappa shape index (κ1) is 15.2. The largest absolute Gasteiger partial charge is 0.481 e. The number of hydrogen-bond acceptors (Lipinski definition) is 4. The molecule has 21 heavy (non-hydrogen) atoms. The molecule has 5 nitrogen and oxygen atoms in total. The minimum absolute atomic E-state index is 0.0933. The van der Waals surface area contributed by atoms with Crippen LogP contribution in [-0.4, -0.2) is 28.5 Å². The summed E-state index contributed by atoms with van der Waals surface area (Å²) in [4.78, 5) is 27.2. The summed E-state index contributed by atoms with van der Waals surface area (Å²) in [6, 6.07) is 8.90. The molecular weight excluding hydrogens is 288 g/mol. The summed E-state index contributed by atoms with van der Waals surface area (Å²) in [6.07, 6.45) is 2.59. The molecule has 1 heterocycles. The summed E-state index contributed by atoms with van der Waals surface area (Å²) in [5, 5.41) is 14.7. The highest BCUT2D eigenvalue weighted by atomic mass is 32.1. The number of carboxylic acids is 1. The van der Waals surface area contributed by atoms with E-state index in [9.17, 15) is 14.7 Å². The van der Waals surface area contributed by atoms with Crippen LogP contribution in [0.5, 0.6) is 0 Å². The van der Waals surface area contributed by atoms with Crippen molar-refractivity contribution in [3.63, 3.8) is 0 Å². The average molecular weight is 304 g/mol. The SMILES string of the molecule is O=C(CCc1nccs1)NCC(C(=O)O)c1ccccc1. The van der Waals surface area contributed by atoms with E-state index in [0.29, 0.717) is 18.4 Å². The first-order valence-corrected chi connectivity index (χ1v) is 7.47. The second kappa shape index (κ2) is 7.54. The molecule has 1 atom stereocenters. The minimum Gasteiger partial charge on any atom is -0.481 e. The van der Waals surface area contributed by atoms with Crippen molar-refractivity contribution < 1.29 is 14.7 Å². The zero-order valence-electron chi connectivity index (χ0n) is 11.4. The summed E-state index contributed by atoms with van der Waals surface area (Å²) < 4.78 is 0. The highest BCUT2D eigenvalue weighted by Gasteiger charge is 2.20. The van der Waals surface area contributed by atoms with Gasteiger partial charge in [0.2, 0.25) is 5.91 Å². The lowest BCUT2D eigenvalue weighted by molar-refractivity contribution is -0.138. The van der Waals surface area contributed by atoms with Crippen molar-refractivity contribution in [2.75, 3.05) is 6.54 Å². The van der Waals surface area contributed by atoms with Gasteiger partial charge in [-0.15, -0.1) is 11.3 Å². The maximum absolute atomic E-state index is 11.8. The monoisotopic (exact) mass is 304 g/mol. The molecule has 1 aromatic heterocycles. The van der Waals surface area contributed by atoms with Crippen LogP contribution in [-0.2, 0) is 16.0 Å². The number of nitrogens with zero attached hydrogens (tertiary/aromatic N) is 1. The molecule has 0 aliphatic carbocycles. The van der Waals surface area contributed by atoms with Gasteiger partial charge in [-0.05, 0) is 5.56 Å². The van der Waals surface area contributed by atoms with Crippen LogP contribution in [0.4, 0.5) is 0 Å². The fraction of sp³-hybridized carbons (Fsp3) is 0.267. The third-order valence-electron chi connectivity index (χ3n) is 3.05. The predicted molar refractivity (Wildman–Crippen MR) is 80.3 cm³/mol. The summed E-state index contributed by atoms with van der Waals surface area (Å²) in [6.45, 7) is 0.0933. The molecule has 0 radical (unpaired) electrons. The number of aryl methyl sites for hydroxylation is 1. The number of benzene rings is 1. The molecule has 6 heteroatoms. The van der Waals surface area contributed by atoms with E-state index in [1.807, 2.05) is 11.4 Å². The Balaban J connectivity index is 1.84. The van der Waals surface area contributed by atoms with E-state index in [4.69, 9.17) is 0 Å². The quantitative estimate of drug-likeness (QED) is 0.820. The van der Waals surface area contributed by atoms with Crippen LogP contribution in [0.15, 0.2) is 41.9 Å². The lowest BCUT2D eigenvalue weighted by Crippen LogP contribution is -2.31. The molecule has 1 unspecified atom stereocenters. The van der Waals surface area contributed by atoms with Crippen molar-refractivity contribution in [2.24, 2.45) is 0 Å². The number of aliphatic carboxylic acids is 1. The molecule has 0 aliphatic heterocycles. The van der Waals surface area contributed by atoms with Gasteiger partial charge in [0.05, 0.1) is 10.9 Å². The number of nitrogens with one attached hydrogen (secondary N) is 1. The molecule has 0 bridgehead atoms. The van der Waals surface area contributed by atoms with E-state index in [2.05, 4.69) is 10.3 Å². The lowest BCUT2D eigenvalue weighted by atomic mass is 9.99. The molecule has 2 aromatic rings. The zero-order chi connectivity index (χ0) is 15.1. The van der Waals surface area contributed by atoms with Crippen molar-refractivity contribution in [3.8, 4) is 0 Å². The first-order chi connectivity index (χ1) is 10.2. The van der Waals surface area contributed by atoms with Gasteiger partial charge in [0, 0.05) is 31.0 Å². The van der Waals surface area contributed by atoms with Crippen molar-refractivity contribution in [1.29, 1.82) is 0 Å². The summed E-state index contributed by atoms with van der Waals surface area (Å²) in [5.41, 5.74) is 0.685. The Morgan fingerprint density at radius 3 is 2.67 bits per heavy atom. The second-order valence-electron chi connectivity index (χ2n) is 4.53. The van der Waals surface area contributed by atoms with Crippen molar-refractivity contribution in [2.45, 2.75) is 18.8 Å². The van der Waals surface area contributed by atoms with Gasteiger partial charge in [0.1, 0.15) is 0 Å². The fourth-order valence-electron chi connectivity index (χ4n) is 1.93. The van der Waals surface area contributed by atoms with Crippen molar-refractivity contribution in [3.05, 3.63) is 52.5 Å². The Morgan fingerprint density at radius 1 is 1.29 bits per heavy atom. The third-order valence-corrected chi connectivity index (χ3v) is 3.89. The Bertz CT molecular complexity index is 584. The van der Waals surface area contributed by atoms with E-state index in [1.54, 1.807) is 30.5 Å². The molecule has 2 N–H and O–H groups in total. The Labute approximate surface area is 126 Å². The third kappa shape index (κ3) is 4.68. The van der Waals surface area contributed by atoms with E-state index < -0.39 is 11.9 Å². The van der Waals surface area contributed by atoms with E-state index in [-0.39, 0.29) is 12.5 Å². The van der Waals surface area contributed by atoms with Gasteiger partial charge >= 0.3 is 5.97 Å². The number of thiazole rings is 1. The Hall–Kier alpha value is -2.21. The van der Waals surface area contributed by atoms with Crippen LogP contribution in [0.25, 0.3) is 0 Å². The van der Waals surface area contributed by atoms with Gasteiger partial charge in [-0.3, -0.25) is 9.59 Å². The smallest absolute Gasteiger partial charge is 0.312 e. The molecule has 0 aliphatic rings. The van der Waals surface area contributed by atoms with Gasteiger partial charge < -0.3 is 10.4 Å². The number of amides is 1. The molecule has 0 spiro atoms. The number of aromatic nitrogens is 1.